The third-order valence-corrected chi connectivity index (χ3v) is 3.94. The molecule has 0 unspecified atom stereocenters. The van der Waals surface area contributed by atoms with Gasteiger partial charge in [0.2, 0.25) is 0 Å². The van der Waals surface area contributed by atoms with E-state index in [0.717, 1.165) is 41.0 Å². The van der Waals surface area contributed by atoms with Crippen LogP contribution in [0.15, 0.2) is 24.3 Å². The molecule has 1 aliphatic rings. The highest BCUT2D eigenvalue weighted by Gasteiger charge is 2.17. The summed E-state index contributed by atoms with van der Waals surface area (Å²) in [6.45, 7) is 0.943. The highest BCUT2D eigenvalue weighted by molar-refractivity contribution is 6.03. The third-order valence-electron chi connectivity index (χ3n) is 3.94. The van der Waals surface area contributed by atoms with Crippen LogP contribution >= 0.6 is 0 Å². The molecule has 1 fully saturated rings. The fourth-order valence-electron chi connectivity index (χ4n) is 2.61. The van der Waals surface area contributed by atoms with E-state index < -0.39 is 0 Å². The van der Waals surface area contributed by atoms with Crippen LogP contribution in [-0.2, 0) is 0 Å². The predicted octanol–water partition coefficient (Wildman–Crippen LogP) is 3.58. The first kappa shape index (κ1) is 11.3. The number of aromatic nitrogens is 1. The fourth-order valence-corrected chi connectivity index (χ4v) is 2.61. The number of carbonyl (C=O) groups excluding carboxylic acids is 1. The molecular formula is C15H18N2O. The number of hydrogen-bond acceptors (Lipinski definition) is 2. The Morgan fingerprint density at radius 1 is 1.33 bits per heavy atom. The summed E-state index contributed by atoms with van der Waals surface area (Å²) in [7, 11) is 0. The maximum atomic E-state index is 11.2. The second-order valence-corrected chi connectivity index (χ2v) is 5.09. The number of benzene rings is 1. The number of fused-ring (bicyclic) bond motifs is 1. The van der Waals surface area contributed by atoms with Gasteiger partial charge in [0.15, 0.2) is 6.29 Å². The molecule has 1 saturated carbocycles. The quantitative estimate of drug-likeness (QED) is 0.787. The average molecular weight is 242 g/mol. The summed E-state index contributed by atoms with van der Waals surface area (Å²) < 4.78 is 0. The summed E-state index contributed by atoms with van der Waals surface area (Å²) in [6, 6.07) is 7.92. The van der Waals surface area contributed by atoms with Crippen molar-refractivity contribution in [3.05, 3.63) is 29.8 Å². The van der Waals surface area contributed by atoms with E-state index in [1.54, 1.807) is 0 Å². The van der Waals surface area contributed by atoms with Crippen LogP contribution < -0.4 is 5.32 Å². The average Bonchev–Trinajstić information content (AvgIpc) is 2.69. The number of aldehydes is 1. The second-order valence-electron chi connectivity index (χ2n) is 5.09. The van der Waals surface area contributed by atoms with Gasteiger partial charge in [-0.15, -0.1) is 0 Å². The van der Waals surface area contributed by atoms with Crippen molar-refractivity contribution >= 4 is 23.0 Å². The van der Waals surface area contributed by atoms with E-state index in [0.29, 0.717) is 0 Å². The van der Waals surface area contributed by atoms with Crippen molar-refractivity contribution in [2.24, 2.45) is 5.92 Å². The molecule has 1 aromatic carbocycles. The summed E-state index contributed by atoms with van der Waals surface area (Å²) in [5, 5.41) is 4.36. The number of anilines is 1. The SMILES string of the molecule is O=Cc1c(NCCC2CCC2)[nH]c2ccccc12. The lowest BCUT2D eigenvalue weighted by molar-refractivity contribution is 0.112. The van der Waals surface area contributed by atoms with E-state index in [1.165, 1.54) is 25.7 Å². The molecule has 18 heavy (non-hydrogen) atoms. The van der Waals surface area contributed by atoms with Crippen LogP contribution in [0.3, 0.4) is 0 Å². The van der Waals surface area contributed by atoms with Crippen molar-refractivity contribution in [3.63, 3.8) is 0 Å². The van der Waals surface area contributed by atoms with Crippen LogP contribution in [0, 0.1) is 5.92 Å². The molecule has 0 spiro atoms. The Bertz CT molecular complexity index is 555. The highest BCUT2D eigenvalue weighted by atomic mass is 16.1. The highest BCUT2D eigenvalue weighted by Crippen LogP contribution is 2.30. The number of nitrogens with one attached hydrogen (secondary N) is 2. The van der Waals surface area contributed by atoms with E-state index in [1.807, 2.05) is 24.3 Å². The Labute approximate surface area is 107 Å². The van der Waals surface area contributed by atoms with Crippen molar-refractivity contribution in [2.45, 2.75) is 25.7 Å². The molecule has 0 radical (unpaired) electrons. The summed E-state index contributed by atoms with van der Waals surface area (Å²) in [6.07, 6.45) is 6.26. The Morgan fingerprint density at radius 3 is 2.89 bits per heavy atom. The van der Waals surface area contributed by atoms with Gasteiger partial charge < -0.3 is 10.3 Å². The normalized spacial score (nSPS) is 15.6. The molecule has 3 heteroatoms. The standard InChI is InChI=1S/C15H18N2O/c18-10-13-12-6-1-2-7-14(12)17-15(13)16-9-8-11-4-3-5-11/h1-2,6-7,10-11,16-17H,3-5,8-9H2. The zero-order chi connectivity index (χ0) is 12.4. The van der Waals surface area contributed by atoms with Gasteiger partial charge in [-0.1, -0.05) is 37.5 Å². The number of carbonyl (C=O) groups is 1. The lowest BCUT2D eigenvalue weighted by Gasteiger charge is -2.25. The Kier molecular flexibility index (Phi) is 3.05. The van der Waals surface area contributed by atoms with Crippen molar-refractivity contribution < 1.29 is 4.79 Å². The van der Waals surface area contributed by atoms with Gasteiger partial charge in [0, 0.05) is 17.4 Å². The molecule has 0 saturated heterocycles. The summed E-state index contributed by atoms with van der Waals surface area (Å²) in [5.41, 5.74) is 1.77. The van der Waals surface area contributed by atoms with Gasteiger partial charge in [0.05, 0.1) is 5.56 Å². The van der Waals surface area contributed by atoms with E-state index in [4.69, 9.17) is 0 Å². The molecule has 2 aromatic rings. The van der Waals surface area contributed by atoms with Gasteiger partial charge in [-0.05, 0) is 18.4 Å². The van der Waals surface area contributed by atoms with Crippen molar-refractivity contribution in [3.8, 4) is 0 Å². The van der Waals surface area contributed by atoms with Crippen LogP contribution in [0.4, 0.5) is 5.82 Å². The molecule has 3 nitrogen and oxygen atoms in total. The van der Waals surface area contributed by atoms with Gasteiger partial charge in [0.25, 0.3) is 0 Å². The molecule has 0 atom stereocenters. The summed E-state index contributed by atoms with van der Waals surface area (Å²) in [5.74, 6) is 1.76. The number of H-pyrrole nitrogens is 1. The molecular weight excluding hydrogens is 224 g/mol. The van der Waals surface area contributed by atoms with Crippen LogP contribution in [0.5, 0.6) is 0 Å². The molecule has 3 rings (SSSR count). The van der Waals surface area contributed by atoms with Crippen LogP contribution in [0.1, 0.15) is 36.0 Å². The van der Waals surface area contributed by atoms with Crippen LogP contribution in [0.2, 0.25) is 0 Å². The number of rotatable bonds is 5. The van der Waals surface area contributed by atoms with E-state index in [2.05, 4.69) is 10.3 Å². The molecule has 1 aromatic heterocycles. The minimum Gasteiger partial charge on any atom is -0.371 e. The van der Waals surface area contributed by atoms with Gasteiger partial charge in [-0.25, -0.2) is 0 Å². The van der Waals surface area contributed by atoms with Gasteiger partial charge in [-0.3, -0.25) is 4.79 Å². The molecule has 94 valence electrons. The molecule has 1 aliphatic carbocycles. The first-order valence-electron chi connectivity index (χ1n) is 6.68. The molecule has 0 aliphatic heterocycles. The minimum atomic E-state index is 0.749. The summed E-state index contributed by atoms with van der Waals surface area (Å²) >= 11 is 0. The Hall–Kier alpha value is -1.77. The Morgan fingerprint density at radius 2 is 2.17 bits per heavy atom. The number of aromatic amines is 1. The van der Waals surface area contributed by atoms with Crippen molar-refractivity contribution in [2.75, 3.05) is 11.9 Å². The monoisotopic (exact) mass is 242 g/mol. The van der Waals surface area contributed by atoms with E-state index in [9.17, 15) is 4.79 Å². The Balaban J connectivity index is 1.75. The lowest BCUT2D eigenvalue weighted by atomic mass is 9.83. The second kappa shape index (κ2) is 4.84. The van der Waals surface area contributed by atoms with Crippen LogP contribution in [-0.4, -0.2) is 17.8 Å². The zero-order valence-electron chi connectivity index (χ0n) is 10.4. The van der Waals surface area contributed by atoms with Gasteiger partial charge >= 0.3 is 0 Å². The predicted molar refractivity (Wildman–Crippen MR) is 74.1 cm³/mol. The molecule has 1 heterocycles. The largest absolute Gasteiger partial charge is 0.371 e. The first-order chi connectivity index (χ1) is 8.88. The van der Waals surface area contributed by atoms with Crippen molar-refractivity contribution in [1.82, 2.24) is 4.98 Å². The fraction of sp³-hybridized carbons (Fsp3) is 0.400. The number of para-hydroxylation sites is 1. The van der Waals surface area contributed by atoms with E-state index in [-0.39, 0.29) is 0 Å². The summed E-state index contributed by atoms with van der Waals surface area (Å²) in [4.78, 5) is 14.5. The van der Waals surface area contributed by atoms with E-state index >= 15 is 0 Å². The zero-order valence-corrected chi connectivity index (χ0v) is 10.4. The number of hydrogen-bond donors (Lipinski definition) is 2. The topological polar surface area (TPSA) is 44.9 Å². The van der Waals surface area contributed by atoms with Crippen molar-refractivity contribution in [1.29, 1.82) is 0 Å². The smallest absolute Gasteiger partial charge is 0.154 e. The minimum absolute atomic E-state index is 0.749. The van der Waals surface area contributed by atoms with Gasteiger partial charge in [-0.2, -0.15) is 0 Å². The molecule has 0 bridgehead atoms. The lowest BCUT2D eigenvalue weighted by Crippen LogP contribution is -2.16. The first-order valence-corrected chi connectivity index (χ1v) is 6.68. The molecule has 2 N–H and O–H groups in total. The van der Waals surface area contributed by atoms with Crippen LogP contribution in [0.25, 0.3) is 10.9 Å². The van der Waals surface area contributed by atoms with Gasteiger partial charge in [0.1, 0.15) is 5.82 Å². The maximum absolute atomic E-state index is 11.2. The maximum Gasteiger partial charge on any atom is 0.154 e. The third kappa shape index (κ3) is 2.01. The molecule has 0 amide bonds.